The zero-order valence-electron chi connectivity index (χ0n) is 20.6. The summed E-state index contributed by atoms with van der Waals surface area (Å²) in [5, 5.41) is 0. The van der Waals surface area contributed by atoms with Gasteiger partial charge in [-0.2, -0.15) is 0 Å². The molecule has 0 radical (unpaired) electrons. The Hall–Kier alpha value is -1.18. The second-order valence-corrected chi connectivity index (χ2v) is 11.0. The molecule has 7 nitrogen and oxygen atoms in total. The van der Waals surface area contributed by atoms with Gasteiger partial charge in [0, 0.05) is 84.4 Å². The molecule has 2 amide bonds. The van der Waals surface area contributed by atoms with E-state index in [4.69, 9.17) is 4.74 Å². The number of hydrogen-bond donors (Lipinski definition) is 0. The highest BCUT2D eigenvalue weighted by molar-refractivity contribution is 5.80. The van der Waals surface area contributed by atoms with Crippen LogP contribution in [-0.2, 0) is 14.3 Å². The molecule has 4 fully saturated rings. The van der Waals surface area contributed by atoms with Crippen LogP contribution >= 0.6 is 0 Å². The second kappa shape index (κ2) is 10.4. The highest BCUT2D eigenvalue weighted by Crippen LogP contribution is 2.37. The van der Waals surface area contributed by atoms with Crippen molar-refractivity contribution in [2.75, 3.05) is 65.5 Å². The summed E-state index contributed by atoms with van der Waals surface area (Å²) in [6, 6.07) is 0.628. The van der Waals surface area contributed by atoms with Crippen molar-refractivity contribution < 1.29 is 14.3 Å². The van der Waals surface area contributed by atoms with Crippen molar-refractivity contribution in [3.63, 3.8) is 0 Å². The fourth-order valence-corrected chi connectivity index (χ4v) is 6.32. The van der Waals surface area contributed by atoms with E-state index in [1.54, 1.807) is 6.92 Å². The third-order valence-corrected chi connectivity index (χ3v) is 8.29. The SMILES string of the molecule is CC(=O)N1CCC(C(=O)N2CCC3(CC2)C[C@@H](N2CCN(CC(C)C)CC2)CCO3)CC1. The van der Waals surface area contributed by atoms with E-state index in [1.807, 2.05) is 4.90 Å². The van der Waals surface area contributed by atoms with Crippen LogP contribution in [0.3, 0.4) is 0 Å². The summed E-state index contributed by atoms with van der Waals surface area (Å²) in [5.74, 6) is 1.25. The maximum Gasteiger partial charge on any atom is 0.225 e. The summed E-state index contributed by atoms with van der Waals surface area (Å²) < 4.78 is 6.40. The van der Waals surface area contributed by atoms with Gasteiger partial charge in [0.1, 0.15) is 0 Å². The summed E-state index contributed by atoms with van der Waals surface area (Å²) in [6.07, 6.45) is 5.81. The number of carbonyl (C=O) groups excluding carboxylic acids is 2. The molecule has 0 aliphatic carbocycles. The number of rotatable bonds is 4. The topological polar surface area (TPSA) is 56.3 Å². The third-order valence-electron chi connectivity index (χ3n) is 8.29. The number of carbonyl (C=O) groups is 2. The summed E-state index contributed by atoms with van der Waals surface area (Å²) in [7, 11) is 0. The first-order valence-corrected chi connectivity index (χ1v) is 13.0. The number of likely N-dealkylation sites (tertiary alicyclic amines) is 2. The fraction of sp³-hybridized carbons (Fsp3) is 0.920. The van der Waals surface area contributed by atoms with E-state index < -0.39 is 0 Å². The molecule has 0 aromatic heterocycles. The Morgan fingerprint density at radius 2 is 1.56 bits per heavy atom. The highest BCUT2D eigenvalue weighted by atomic mass is 16.5. The average molecular weight is 449 g/mol. The number of nitrogens with zero attached hydrogens (tertiary/aromatic N) is 4. The average Bonchev–Trinajstić information content (AvgIpc) is 2.79. The monoisotopic (exact) mass is 448 g/mol. The van der Waals surface area contributed by atoms with Crippen LogP contribution in [0.4, 0.5) is 0 Å². The highest BCUT2D eigenvalue weighted by Gasteiger charge is 2.43. The van der Waals surface area contributed by atoms with Gasteiger partial charge < -0.3 is 19.4 Å². The van der Waals surface area contributed by atoms with Crippen LogP contribution in [0, 0.1) is 11.8 Å². The van der Waals surface area contributed by atoms with Crippen molar-refractivity contribution >= 4 is 11.8 Å². The normalized spacial score (nSPS) is 28.4. The van der Waals surface area contributed by atoms with Crippen molar-refractivity contribution in [3.8, 4) is 0 Å². The molecule has 182 valence electrons. The molecule has 0 unspecified atom stereocenters. The molecule has 4 aliphatic heterocycles. The van der Waals surface area contributed by atoms with Crippen LogP contribution in [0.1, 0.15) is 59.3 Å². The van der Waals surface area contributed by atoms with Crippen molar-refractivity contribution in [3.05, 3.63) is 0 Å². The molecule has 1 atom stereocenters. The molecular formula is C25H44N4O3. The van der Waals surface area contributed by atoms with E-state index >= 15 is 0 Å². The molecule has 4 heterocycles. The zero-order valence-corrected chi connectivity index (χ0v) is 20.6. The van der Waals surface area contributed by atoms with Gasteiger partial charge in [-0.15, -0.1) is 0 Å². The number of piperazine rings is 1. The van der Waals surface area contributed by atoms with Crippen LogP contribution < -0.4 is 0 Å². The van der Waals surface area contributed by atoms with Crippen LogP contribution in [0.5, 0.6) is 0 Å². The third kappa shape index (κ3) is 5.65. The standard InChI is InChI=1S/C25H44N4O3/c1-20(2)19-26-13-15-28(16-14-26)23-6-17-32-25(18-23)7-11-29(12-8-25)24(31)22-4-9-27(10-5-22)21(3)30/h20,22-23H,4-19H2,1-3H3/t23-/m0/s1. The molecule has 0 aromatic carbocycles. The van der Waals surface area contributed by atoms with E-state index in [0.29, 0.717) is 11.9 Å². The fourth-order valence-electron chi connectivity index (χ4n) is 6.32. The largest absolute Gasteiger partial charge is 0.375 e. The summed E-state index contributed by atoms with van der Waals surface area (Å²) >= 11 is 0. The predicted octanol–water partition coefficient (Wildman–Crippen LogP) is 2.06. The molecule has 7 heteroatoms. The molecular weight excluding hydrogens is 404 g/mol. The summed E-state index contributed by atoms with van der Waals surface area (Å²) in [4.78, 5) is 33.9. The number of amides is 2. The summed E-state index contributed by atoms with van der Waals surface area (Å²) in [5.41, 5.74) is -0.0350. The van der Waals surface area contributed by atoms with Crippen LogP contribution in [0.15, 0.2) is 0 Å². The molecule has 0 N–H and O–H groups in total. The van der Waals surface area contributed by atoms with Crippen molar-refractivity contribution in [2.24, 2.45) is 11.8 Å². The molecule has 0 aromatic rings. The Kier molecular flexibility index (Phi) is 7.78. The van der Waals surface area contributed by atoms with Crippen molar-refractivity contribution in [2.45, 2.75) is 70.9 Å². The van der Waals surface area contributed by atoms with E-state index in [0.717, 1.165) is 77.2 Å². The lowest BCUT2D eigenvalue weighted by atomic mass is 9.81. The Bertz CT molecular complexity index is 646. The Labute approximate surface area is 194 Å². The maximum atomic E-state index is 13.1. The van der Waals surface area contributed by atoms with Gasteiger partial charge >= 0.3 is 0 Å². The molecule has 4 saturated heterocycles. The van der Waals surface area contributed by atoms with Crippen molar-refractivity contribution in [1.82, 2.24) is 19.6 Å². The van der Waals surface area contributed by atoms with Gasteiger partial charge in [0.25, 0.3) is 0 Å². The lowest BCUT2D eigenvalue weighted by Gasteiger charge is -2.50. The summed E-state index contributed by atoms with van der Waals surface area (Å²) in [6.45, 7) is 16.1. The van der Waals surface area contributed by atoms with E-state index in [-0.39, 0.29) is 17.4 Å². The number of piperidine rings is 2. The number of hydrogen-bond acceptors (Lipinski definition) is 5. The molecule has 4 aliphatic rings. The van der Waals surface area contributed by atoms with E-state index in [9.17, 15) is 9.59 Å². The predicted molar refractivity (Wildman–Crippen MR) is 125 cm³/mol. The minimum Gasteiger partial charge on any atom is -0.375 e. The number of ether oxygens (including phenoxy) is 1. The van der Waals surface area contributed by atoms with Gasteiger partial charge in [0.2, 0.25) is 11.8 Å². The lowest BCUT2D eigenvalue weighted by molar-refractivity contribution is -0.154. The van der Waals surface area contributed by atoms with Crippen LogP contribution in [0.25, 0.3) is 0 Å². The van der Waals surface area contributed by atoms with Crippen LogP contribution in [0.2, 0.25) is 0 Å². The van der Waals surface area contributed by atoms with E-state index in [2.05, 4.69) is 28.5 Å². The lowest BCUT2D eigenvalue weighted by Crippen LogP contribution is -2.58. The van der Waals surface area contributed by atoms with Gasteiger partial charge in [-0.3, -0.25) is 14.5 Å². The molecule has 0 bridgehead atoms. The molecule has 32 heavy (non-hydrogen) atoms. The van der Waals surface area contributed by atoms with Gasteiger partial charge in [-0.1, -0.05) is 13.8 Å². The van der Waals surface area contributed by atoms with Gasteiger partial charge in [-0.05, 0) is 44.4 Å². The smallest absolute Gasteiger partial charge is 0.225 e. The quantitative estimate of drug-likeness (QED) is 0.659. The van der Waals surface area contributed by atoms with Crippen molar-refractivity contribution in [1.29, 1.82) is 0 Å². The van der Waals surface area contributed by atoms with Gasteiger partial charge in [-0.25, -0.2) is 0 Å². The van der Waals surface area contributed by atoms with Crippen LogP contribution in [-0.4, -0.2) is 109 Å². The Morgan fingerprint density at radius 3 is 2.16 bits per heavy atom. The zero-order chi connectivity index (χ0) is 22.7. The Balaban J connectivity index is 1.24. The second-order valence-electron chi connectivity index (χ2n) is 11.0. The van der Waals surface area contributed by atoms with E-state index in [1.165, 1.54) is 32.7 Å². The maximum absolute atomic E-state index is 13.1. The minimum atomic E-state index is -0.0350. The molecule has 1 spiro atoms. The van der Waals surface area contributed by atoms with Gasteiger partial charge in [0.15, 0.2) is 0 Å². The first kappa shape index (κ1) is 24.0. The first-order chi connectivity index (χ1) is 15.3. The molecule has 4 rings (SSSR count). The first-order valence-electron chi connectivity index (χ1n) is 13.0. The molecule has 0 saturated carbocycles. The Morgan fingerprint density at radius 1 is 0.906 bits per heavy atom. The minimum absolute atomic E-state index is 0.0350. The van der Waals surface area contributed by atoms with Gasteiger partial charge in [0.05, 0.1) is 5.60 Å².